The van der Waals surface area contributed by atoms with E-state index in [0.29, 0.717) is 25.7 Å². The van der Waals surface area contributed by atoms with Crippen molar-refractivity contribution in [2.24, 2.45) is 10.9 Å². The maximum Gasteiger partial charge on any atom is 0.191 e. The number of benzene rings is 1. The van der Waals surface area contributed by atoms with Gasteiger partial charge in [0.2, 0.25) is 0 Å². The van der Waals surface area contributed by atoms with Crippen LogP contribution in [-0.2, 0) is 11.2 Å². The van der Waals surface area contributed by atoms with Gasteiger partial charge < -0.3 is 15.4 Å². The average molecular weight is 419 g/mol. The van der Waals surface area contributed by atoms with Gasteiger partial charge in [-0.15, -0.1) is 11.3 Å². The van der Waals surface area contributed by atoms with Crippen LogP contribution in [0.25, 0.3) is 0 Å². The summed E-state index contributed by atoms with van der Waals surface area (Å²) >= 11 is 1.80. The summed E-state index contributed by atoms with van der Waals surface area (Å²) in [5, 5.41) is 8.98. The average Bonchev–Trinajstić information content (AvgIpc) is 3.24. The summed E-state index contributed by atoms with van der Waals surface area (Å²) in [6.45, 7) is 6.84. The van der Waals surface area contributed by atoms with Crippen LogP contribution in [0.4, 0.5) is 4.39 Å². The van der Waals surface area contributed by atoms with Gasteiger partial charge in [-0.3, -0.25) is 9.89 Å². The number of hydrogen-bond acceptors (Lipinski definition) is 4. The number of morpholine rings is 1. The summed E-state index contributed by atoms with van der Waals surface area (Å²) in [6, 6.07) is 11.2. The highest BCUT2D eigenvalue weighted by molar-refractivity contribution is 7.09. The quantitative estimate of drug-likeness (QED) is 0.510. The van der Waals surface area contributed by atoms with Crippen molar-refractivity contribution in [3.05, 3.63) is 58.0 Å². The molecular weight excluding hydrogens is 387 g/mol. The molecule has 5 nitrogen and oxygen atoms in total. The first-order chi connectivity index (χ1) is 14.2. The van der Waals surface area contributed by atoms with Gasteiger partial charge in [-0.25, -0.2) is 4.39 Å². The van der Waals surface area contributed by atoms with E-state index in [2.05, 4.69) is 45.0 Å². The second kappa shape index (κ2) is 11.3. The zero-order valence-corrected chi connectivity index (χ0v) is 18.1. The minimum absolute atomic E-state index is 0.0664. The third-order valence-corrected chi connectivity index (χ3v) is 6.05. The molecule has 0 bridgehead atoms. The monoisotopic (exact) mass is 418 g/mol. The van der Waals surface area contributed by atoms with Gasteiger partial charge in [0, 0.05) is 38.1 Å². The van der Waals surface area contributed by atoms with Crippen molar-refractivity contribution in [2.45, 2.75) is 19.4 Å². The Morgan fingerprint density at radius 1 is 1.21 bits per heavy atom. The number of thiophene rings is 1. The molecule has 1 aromatic carbocycles. The molecular formula is C22H31FN4OS. The Kier molecular flexibility index (Phi) is 8.46. The molecule has 1 aromatic heterocycles. The fraction of sp³-hybridized carbons (Fsp3) is 0.500. The lowest BCUT2D eigenvalue weighted by atomic mass is 10.0. The van der Waals surface area contributed by atoms with Gasteiger partial charge in [-0.2, -0.15) is 0 Å². The lowest BCUT2D eigenvalue weighted by molar-refractivity contribution is 0.0169. The van der Waals surface area contributed by atoms with E-state index in [-0.39, 0.29) is 11.9 Å². The highest BCUT2D eigenvalue weighted by atomic mass is 32.1. The number of nitrogens with zero attached hydrogens (tertiary/aromatic N) is 2. The van der Waals surface area contributed by atoms with E-state index in [1.54, 1.807) is 30.5 Å². The lowest BCUT2D eigenvalue weighted by Gasteiger charge is -2.35. The van der Waals surface area contributed by atoms with Gasteiger partial charge in [0.05, 0.1) is 19.3 Å². The predicted molar refractivity (Wildman–Crippen MR) is 118 cm³/mol. The van der Waals surface area contributed by atoms with E-state index in [4.69, 9.17) is 4.74 Å². The molecule has 0 amide bonds. The fourth-order valence-corrected chi connectivity index (χ4v) is 4.46. The molecule has 7 heteroatoms. The fourth-order valence-electron chi connectivity index (χ4n) is 3.59. The first-order valence-corrected chi connectivity index (χ1v) is 11.1. The van der Waals surface area contributed by atoms with Crippen molar-refractivity contribution in [1.82, 2.24) is 15.5 Å². The van der Waals surface area contributed by atoms with E-state index in [1.807, 2.05) is 6.07 Å². The molecule has 1 aliphatic heterocycles. The van der Waals surface area contributed by atoms with Gasteiger partial charge in [0.1, 0.15) is 5.82 Å². The number of ether oxygens (including phenoxy) is 1. The Hall–Kier alpha value is -1.96. The molecule has 3 rings (SSSR count). The van der Waals surface area contributed by atoms with Crippen LogP contribution >= 0.6 is 11.3 Å². The summed E-state index contributed by atoms with van der Waals surface area (Å²) in [5.41, 5.74) is 0.973. The standard InChI is InChI=1S/C22H31FN4OS/c1-17(13-20-7-4-12-29-20)15-25-22(24-2)26-16-21(27-8-10-28-11-9-27)18-5-3-6-19(23)14-18/h3-7,12,14,17,21H,8-11,13,15-16H2,1-2H3,(H2,24,25,26). The zero-order valence-electron chi connectivity index (χ0n) is 17.2. The van der Waals surface area contributed by atoms with Crippen molar-refractivity contribution in [3.63, 3.8) is 0 Å². The maximum atomic E-state index is 13.8. The van der Waals surface area contributed by atoms with Gasteiger partial charge in [0.25, 0.3) is 0 Å². The minimum Gasteiger partial charge on any atom is -0.379 e. The number of hydrogen-bond donors (Lipinski definition) is 2. The number of rotatable bonds is 8. The minimum atomic E-state index is -0.203. The van der Waals surface area contributed by atoms with Gasteiger partial charge in [0.15, 0.2) is 5.96 Å². The zero-order chi connectivity index (χ0) is 20.5. The molecule has 1 fully saturated rings. The lowest BCUT2D eigenvalue weighted by Crippen LogP contribution is -2.47. The molecule has 2 heterocycles. The number of halogens is 1. The van der Waals surface area contributed by atoms with Crippen molar-refractivity contribution in [1.29, 1.82) is 0 Å². The van der Waals surface area contributed by atoms with Crippen LogP contribution in [0.1, 0.15) is 23.4 Å². The first kappa shape index (κ1) is 21.7. The molecule has 29 heavy (non-hydrogen) atoms. The maximum absolute atomic E-state index is 13.8. The normalized spacial score (nSPS) is 17.7. The molecule has 2 aromatic rings. The smallest absolute Gasteiger partial charge is 0.191 e. The Morgan fingerprint density at radius 2 is 2.00 bits per heavy atom. The Morgan fingerprint density at radius 3 is 2.69 bits per heavy atom. The SMILES string of the molecule is CN=C(NCC(C)Cc1cccs1)NCC(c1cccc(F)c1)N1CCOCC1. The number of nitrogens with one attached hydrogen (secondary N) is 2. The van der Waals surface area contributed by atoms with E-state index < -0.39 is 0 Å². The van der Waals surface area contributed by atoms with Crippen LogP contribution in [0.5, 0.6) is 0 Å². The molecule has 1 aliphatic rings. The van der Waals surface area contributed by atoms with Crippen LogP contribution in [0.3, 0.4) is 0 Å². The van der Waals surface area contributed by atoms with Crippen LogP contribution < -0.4 is 10.6 Å². The van der Waals surface area contributed by atoms with Crippen LogP contribution in [0.15, 0.2) is 46.8 Å². The van der Waals surface area contributed by atoms with Gasteiger partial charge in [-0.1, -0.05) is 25.1 Å². The first-order valence-electron chi connectivity index (χ1n) is 10.2. The third-order valence-electron chi connectivity index (χ3n) is 5.15. The molecule has 0 saturated carbocycles. The highest BCUT2D eigenvalue weighted by Crippen LogP contribution is 2.22. The van der Waals surface area contributed by atoms with Crippen LogP contribution in [-0.4, -0.2) is 57.3 Å². The molecule has 2 atom stereocenters. The topological polar surface area (TPSA) is 48.9 Å². The van der Waals surface area contributed by atoms with Gasteiger partial charge in [-0.05, 0) is 41.5 Å². The highest BCUT2D eigenvalue weighted by Gasteiger charge is 2.23. The summed E-state index contributed by atoms with van der Waals surface area (Å²) in [4.78, 5) is 8.11. The van der Waals surface area contributed by atoms with E-state index >= 15 is 0 Å². The Bertz CT molecular complexity index is 762. The Balaban J connectivity index is 1.56. The number of aliphatic imine (C=N–C) groups is 1. The molecule has 0 aliphatic carbocycles. The van der Waals surface area contributed by atoms with Crippen LogP contribution in [0, 0.1) is 11.7 Å². The predicted octanol–water partition coefficient (Wildman–Crippen LogP) is 3.30. The largest absolute Gasteiger partial charge is 0.379 e. The molecule has 0 spiro atoms. The summed E-state index contributed by atoms with van der Waals surface area (Å²) in [5.74, 6) is 1.08. The summed E-state index contributed by atoms with van der Waals surface area (Å²) < 4.78 is 19.3. The van der Waals surface area contributed by atoms with E-state index in [9.17, 15) is 4.39 Å². The summed E-state index contributed by atoms with van der Waals surface area (Å²) in [6.07, 6.45) is 1.06. The van der Waals surface area contributed by atoms with Crippen molar-refractivity contribution in [2.75, 3.05) is 46.4 Å². The molecule has 2 unspecified atom stereocenters. The van der Waals surface area contributed by atoms with Crippen molar-refractivity contribution in [3.8, 4) is 0 Å². The van der Waals surface area contributed by atoms with Gasteiger partial charge >= 0.3 is 0 Å². The summed E-state index contributed by atoms with van der Waals surface area (Å²) in [7, 11) is 1.78. The molecule has 0 radical (unpaired) electrons. The van der Waals surface area contributed by atoms with E-state index in [1.165, 1.54) is 10.9 Å². The third kappa shape index (κ3) is 6.80. The van der Waals surface area contributed by atoms with E-state index in [0.717, 1.165) is 37.6 Å². The van der Waals surface area contributed by atoms with Crippen LogP contribution in [0.2, 0.25) is 0 Å². The van der Waals surface area contributed by atoms with Crippen molar-refractivity contribution < 1.29 is 9.13 Å². The second-order valence-electron chi connectivity index (χ2n) is 7.44. The molecule has 2 N–H and O–H groups in total. The Labute approximate surface area is 177 Å². The van der Waals surface area contributed by atoms with Crippen molar-refractivity contribution >= 4 is 17.3 Å². The number of guanidine groups is 1. The molecule has 158 valence electrons. The molecule has 1 saturated heterocycles. The second-order valence-corrected chi connectivity index (χ2v) is 8.47.